The van der Waals surface area contributed by atoms with Crippen LogP contribution in [0.25, 0.3) is 0 Å². The molecule has 3 heteroatoms. The Hall–Kier alpha value is -0.860. The zero-order chi connectivity index (χ0) is 12.5. The normalized spacial score (nSPS) is 28.3. The molecular formula is C13H23NO2. The van der Waals surface area contributed by atoms with Gasteiger partial charge in [0.05, 0.1) is 0 Å². The van der Waals surface area contributed by atoms with Crippen molar-refractivity contribution < 1.29 is 9.59 Å². The number of ketones is 1. The molecule has 1 unspecified atom stereocenters. The van der Waals surface area contributed by atoms with Crippen molar-refractivity contribution in [1.82, 2.24) is 5.32 Å². The quantitative estimate of drug-likeness (QED) is 0.779. The summed E-state index contributed by atoms with van der Waals surface area (Å²) in [4.78, 5) is 23.9. The summed E-state index contributed by atoms with van der Waals surface area (Å²) in [7, 11) is 0. The van der Waals surface area contributed by atoms with Gasteiger partial charge in [-0.2, -0.15) is 0 Å². The number of amides is 1. The predicted molar refractivity (Wildman–Crippen MR) is 64.0 cm³/mol. The van der Waals surface area contributed by atoms with Gasteiger partial charge in [0.1, 0.15) is 5.54 Å². The van der Waals surface area contributed by atoms with Crippen LogP contribution in [0, 0.1) is 17.8 Å². The Balaban J connectivity index is 2.77. The summed E-state index contributed by atoms with van der Waals surface area (Å²) in [5.74, 6) is 0.447. The first kappa shape index (κ1) is 13.2. The Bertz CT molecular complexity index is 296. The molecule has 1 aliphatic rings. The Morgan fingerprint density at radius 3 is 2.12 bits per heavy atom. The number of hydrogen-bond acceptors (Lipinski definition) is 2. The maximum absolute atomic E-state index is 12.1. The monoisotopic (exact) mass is 225 g/mol. The molecule has 1 amide bonds. The van der Waals surface area contributed by atoms with E-state index in [4.69, 9.17) is 0 Å². The minimum atomic E-state index is -0.537. The fourth-order valence-corrected chi connectivity index (χ4v) is 2.22. The molecule has 3 nitrogen and oxygen atoms in total. The van der Waals surface area contributed by atoms with Crippen LogP contribution in [0.5, 0.6) is 0 Å². The largest absolute Gasteiger partial charge is 0.343 e. The van der Waals surface area contributed by atoms with Crippen LogP contribution in [-0.2, 0) is 9.59 Å². The van der Waals surface area contributed by atoms with Crippen molar-refractivity contribution in [3.63, 3.8) is 0 Å². The van der Waals surface area contributed by atoms with E-state index in [2.05, 4.69) is 12.2 Å². The van der Waals surface area contributed by atoms with Gasteiger partial charge in [0, 0.05) is 11.8 Å². The van der Waals surface area contributed by atoms with E-state index in [1.54, 1.807) is 0 Å². The molecule has 1 aliphatic carbocycles. The van der Waals surface area contributed by atoms with E-state index in [1.807, 2.05) is 27.7 Å². The van der Waals surface area contributed by atoms with E-state index in [-0.39, 0.29) is 23.5 Å². The van der Waals surface area contributed by atoms with Crippen LogP contribution in [0.2, 0.25) is 0 Å². The molecule has 0 saturated heterocycles. The van der Waals surface area contributed by atoms with Crippen molar-refractivity contribution in [2.75, 3.05) is 0 Å². The molecule has 0 spiro atoms. The van der Waals surface area contributed by atoms with Crippen LogP contribution in [0.4, 0.5) is 0 Å². The minimum absolute atomic E-state index is 0.00931. The average molecular weight is 225 g/mol. The highest BCUT2D eigenvalue weighted by Gasteiger charge is 2.59. The lowest BCUT2D eigenvalue weighted by Gasteiger charge is -2.21. The molecule has 0 aromatic rings. The summed E-state index contributed by atoms with van der Waals surface area (Å²) in [5, 5.41) is 2.96. The van der Waals surface area contributed by atoms with Crippen molar-refractivity contribution in [2.45, 2.75) is 53.0 Å². The van der Waals surface area contributed by atoms with Crippen LogP contribution in [0.1, 0.15) is 47.5 Å². The second kappa shape index (κ2) is 4.56. The van der Waals surface area contributed by atoms with Crippen LogP contribution >= 0.6 is 0 Å². The third kappa shape index (κ3) is 2.28. The topological polar surface area (TPSA) is 46.2 Å². The van der Waals surface area contributed by atoms with Crippen molar-refractivity contribution in [1.29, 1.82) is 0 Å². The Kier molecular flexibility index (Phi) is 3.76. The Morgan fingerprint density at radius 2 is 1.81 bits per heavy atom. The number of nitrogens with one attached hydrogen (secondary N) is 1. The Morgan fingerprint density at radius 1 is 1.25 bits per heavy atom. The second-order valence-corrected chi connectivity index (χ2v) is 5.44. The van der Waals surface area contributed by atoms with E-state index in [9.17, 15) is 9.59 Å². The van der Waals surface area contributed by atoms with Gasteiger partial charge in [-0.05, 0) is 12.3 Å². The molecule has 1 saturated carbocycles. The third-order valence-electron chi connectivity index (χ3n) is 3.43. The van der Waals surface area contributed by atoms with Gasteiger partial charge >= 0.3 is 0 Å². The number of carbonyl (C=O) groups excluding carboxylic acids is 2. The molecule has 0 aliphatic heterocycles. The molecule has 0 aromatic carbocycles. The van der Waals surface area contributed by atoms with E-state index in [1.165, 1.54) is 0 Å². The van der Waals surface area contributed by atoms with Crippen molar-refractivity contribution >= 4 is 11.7 Å². The summed E-state index contributed by atoms with van der Waals surface area (Å²) in [6, 6.07) is 0. The lowest BCUT2D eigenvalue weighted by Crippen LogP contribution is -2.48. The zero-order valence-electron chi connectivity index (χ0n) is 11.0. The van der Waals surface area contributed by atoms with E-state index >= 15 is 0 Å². The second-order valence-electron chi connectivity index (χ2n) is 5.44. The number of rotatable bonds is 5. The van der Waals surface area contributed by atoms with Crippen molar-refractivity contribution in [2.24, 2.45) is 17.8 Å². The SMILES string of the molecule is CC[C@H]1CC1(NC(=O)C(C)C)C(=O)C(C)C. The van der Waals surface area contributed by atoms with E-state index < -0.39 is 5.54 Å². The van der Waals surface area contributed by atoms with Crippen molar-refractivity contribution in [3.05, 3.63) is 0 Å². The van der Waals surface area contributed by atoms with E-state index in [0.717, 1.165) is 12.8 Å². The first-order chi connectivity index (χ1) is 7.35. The van der Waals surface area contributed by atoms with Gasteiger partial charge in [0.25, 0.3) is 0 Å². The van der Waals surface area contributed by atoms with Gasteiger partial charge in [-0.1, -0.05) is 41.0 Å². The molecule has 0 aromatic heterocycles. The molecule has 1 rings (SSSR count). The molecule has 1 N–H and O–H groups in total. The molecule has 0 bridgehead atoms. The standard InChI is InChI=1S/C13H23NO2/c1-6-10-7-13(10,11(15)8(2)3)14-12(16)9(4)5/h8-10H,6-7H2,1-5H3,(H,14,16)/t10-,13?/m0/s1. The summed E-state index contributed by atoms with van der Waals surface area (Å²) < 4.78 is 0. The lowest BCUT2D eigenvalue weighted by atomic mass is 9.96. The molecule has 0 heterocycles. The third-order valence-corrected chi connectivity index (χ3v) is 3.43. The van der Waals surface area contributed by atoms with Crippen LogP contribution in [-0.4, -0.2) is 17.2 Å². The first-order valence-corrected chi connectivity index (χ1v) is 6.21. The van der Waals surface area contributed by atoms with Gasteiger partial charge in [-0.25, -0.2) is 0 Å². The first-order valence-electron chi connectivity index (χ1n) is 6.21. The summed E-state index contributed by atoms with van der Waals surface area (Å²) in [6.07, 6.45) is 1.77. The summed E-state index contributed by atoms with van der Waals surface area (Å²) >= 11 is 0. The molecule has 16 heavy (non-hydrogen) atoms. The van der Waals surface area contributed by atoms with Gasteiger partial charge in [0.2, 0.25) is 5.91 Å². The lowest BCUT2D eigenvalue weighted by molar-refractivity contribution is -0.132. The van der Waals surface area contributed by atoms with Crippen LogP contribution < -0.4 is 5.32 Å². The smallest absolute Gasteiger partial charge is 0.223 e. The number of hydrogen-bond donors (Lipinski definition) is 1. The van der Waals surface area contributed by atoms with Gasteiger partial charge in [-0.3, -0.25) is 9.59 Å². The average Bonchev–Trinajstić information content (AvgIpc) is 2.91. The minimum Gasteiger partial charge on any atom is -0.343 e. The van der Waals surface area contributed by atoms with Gasteiger partial charge in [-0.15, -0.1) is 0 Å². The molecule has 0 radical (unpaired) electrons. The van der Waals surface area contributed by atoms with Crippen LogP contribution in [0.15, 0.2) is 0 Å². The maximum atomic E-state index is 12.1. The Labute approximate surface area is 98.0 Å². The molecular weight excluding hydrogens is 202 g/mol. The zero-order valence-corrected chi connectivity index (χ0v) is 11.0. The maximum Gasteiger partial charge on any atom is 0.223 e. The summed E-state index contributed by atoms with van der Waals surface area (Å²) in [5.41, 5.74) is -0.537. The van der Waals surface area contributed by atoms with Crippen molar-refractivity contribution in [3.8, 4) is 0 Å². The van der Waals surface area contributed by atoms with Crippen LogP contribution in [0.3, 0.4) is 0 Å². The molecule has 92 valence electrons. The van der Waals surface area contributed by atoms with Gasteiger partial charge in [0.15, 0.2) is 5.78 Å². The number of carbonyl (C=O) groups is 2. The number of Topliss-reactive ketones (excluding diaryl/α,β-unsaturated/α-hetero) is 1. The van der Waals surface area contributed by atoms with Gasteiger partial charge < -0.3 is 5.32 Å². The molecule has 1 fully saturated rings. The fraction of sp³-hybridized carbons (Fsp3) is 0.846. The molecule has 2 atom stereocenters. The predicted octanol–water partition coefficient (Wildman–Crippen LogP) is 2.15. The summed E-state index contributed by atoms with van der Waals surface area (Å²) in [6.45, 7) is 9.58. The van der Waals surface area contributed by atoms with E-state index in [0.29, 0.717) is 5.92 Å². The highest BCUT2D eigenvalue weighted by atomic mass is 16.2. The highest BCUT2D eigenvalue weighted by Crippen LogP contribution is 2.47. The fourth-order valence-electron chi connectivity index (χ4n) is 2.22. The highest BCUT2D eigenvalue weighted by molar-refractivity contribution is 5.97.